The van der Waals surface area contributed by atoms with Crippen molar-refractivity contribution in [3.63, 3.8) is 0 Å². The number of aryl methyl sites for hydroxylation is 3. The molecule has 2 aliphatic heterocycles. The van der Waals surface area contributed by atoms with Gasteiger partial charge in [-0.05, 0) is 67.5 Å². The normalized spacial score (nSPS) is 15.1. The molecular weight excluding hydrogens is 440 g/mol. The molecule has 0 N–H and O–H groups in total. The molecule has 5 aromatic rings. The van der Waals surface area contributed by atoms with Crippen molar-refractivity contribution in [1.82, 2.24) is 4.98 Å². The van der Waals surface area contributed by atoms with E-state index in [1.807, 2.05) is 24.3 Å². The Hall–Kier alpha value is -3.44. The molecule has 0 bridgehead atoms. The Morgan fingerprint density at radius 1 is 0.971 bits per heavy atom. The van der Waals surface area contributed by atoms with Crippen LogP contribution >= 0.6 is 11.3 Å². The van der Waals surface area contributed by atoms with E-state index >= 15 is 0 Å². The minimum Gasteiger partial charge on any atom is -0.422 e. The first kappa shape index (κ1) is 20.0. The summed E-state index contributed by atoms with van der Waals surface area (Å²) in [6.07, 6.45) is 4.28. The Balaban J connectivity index is 1.64. The number of nitrogens with zero attached hydrogens (tertiary/aromatic N) is 2. The zero-order chi connectivity index (χ0) is 22.8. The van der Waals surface area contributed by atoms with Crippen molar-refractivity contribution in [2.45, 2.75) is 32.6 Å². The van der Waals surface area contributed by atoms with Crippen LogP contribution in [0.25, 0.3) is 42.9 Å². The van der Waals surface area contributed by atoms with E-state index in [9.17, 15) is 4.79 Å². The molecule has 0 radical (unpaired) electrons. The Morgan fingerprint density at radius 2 is 1.76 bits per heavy atom. The van der Waals surface area contributed by atoms with Crippen LogP contribution in [-0.4, -0.2) is 18.1 Å². The summed E-state index contributed by atoms with van der Waals surface area (Å²) in [4.78, 5) is 21.1. The number of hydrogen-bond acceptors (Lipinski definition) is 5. The van der Waals surface area contributed by atoms with Gasteiger partial charge in [0.05, 0.1) is 10.2 Å². The molecule has 0 saturated heterocycles. The summed E-state index contributed by atoms with van der Waals surface area (Å²) in [6.45, 7) is 4.29. The summed E-state index contributed by atoms with van der Waals surface area (Å²) in [5.74, 6) is 0. The lowest BCUT2D eigenvalue weighted by atomic mass is 9.86. The number of rotatable bonds is 2. The van der Waals surface area contributed by atoms with Gasteiger partial charge in [-0.25, -0.2) is 9.78 Å². The van der Waals surface area contributed by atoms with Crippen LogP contribution < -0.4 is 10.5 Å². The van der Waals surface area contributed by atoms with Crippen LogP contribution in [-0.2, 0) is 12.8 Å². The Morgan fingerprint density at radius 3 is 2.62 bits per heavy atom. The Bertz CT molecular complexity index is 1630. The van der Waals surface area contributed by atoms with E-state index in [0.717, 1.165) is 75.2 Å². The molecule has 34 heavy (non-hydrogen) atoms. The number of benzene rings is 3. The van der Waals surface area contributed by atoms with Crippen molar-refractivity contribution < 1.29 is 4.42 Å². The van der Waals surface area contributed by atoms with Crippen LogP contribution in [0.2, 0.25) is 0 Å². The van der Waals surface area contributed by atoms with E-state index in [1.54, 1.807) is 11.3 Å². The van der Waals surface area contributed by atoms with E-state index in [4.69, 9.17) is 9.40 Å². The van der Waals surface area contributed by atoms with Gasteiger partial charge in [0.2, 0.25) is 0 Å². The van der Waals surface area contributed by atoms with Crippen molar-refractivity contribution in [2.24, 2.45) is 0 Å². The first-order chi connectivity index (χ1) is 16.7. The molecule has 0 aliphatic carbocycles. The Labute approximate surface area is 201 Å². The number of aromatic nitrogens is 1. The van der Waals surface area contributed by atoms with Crippen LogP contribution in [0.3, 0.4) is 0 Å². The van der Waals surface area contributed by atoms with Crippen LogP contribution in [0, 0.1) is 6.92 Å². The fourth-order valence-corrected chi connectivity index (χ4v) is 6.82. The predicted octanol–water partition coefficient (Wildman–Crippen LogP) is 6.74. The molecule has 168 valence electrons. The smallest absolute Gasteiger partial charge is 0.347 e. The lowest BCUT2D eigenvalue weighted by molar-refractivity contribution is 0.552. The third-order valence-corrected chi connectivity index (χ3v) is 8.37. The number of anilines is 1. The highest BCUT2D eigenvalue weighted by Crippen LogP contribution is 2.45. The molecule has 4 heterocycles. The van der Waals surface area contributed by atoms with Crippen molar-refractivity contribution in [3.8, 4) is 21.7 Å². The molecule has 5 heteroatoms. The average molecular weight is 465 g/mol. The van der Waals surface area contributed by atoms with Crippen LogP contribution in [0.5, 0.6) is 0 Å². The number of hydrogen-bond donors (Lipinski definition) is 0. The highest BCUT2D eigenvalue weighted by atomic mass is 32.1. The molecule has 0 spiro atoms. The van der Waals surface area contributed by atoms with E-state index in [-0.39, 0.29) is 5.63 Å². The molecule has 4 nitrogen and oxygen atoms in total. The zero-order valence-corrected chi connectivity index (χ0v) is 19.9. The average Bonchev–Trinajstić information content (AvgIpc) is 3.28. The third kappa shape index (κ3) is 2.90. The summed E-state index contributed by atoms with van der Waals surface area (Å²) in [5.41, 5.74) is 9.05. The third-order valence-electron chi connectivity index (χ3n) is 7.31. The summed E-state index contributed by atoms with van der Waals surface area (Å²) in [7, 11) is 0. The largest absolute Gasteiger partial charge is 0.422 e. The highest BCUT2D eigenvalue weighted by molar-refractivity contribution is 7.21. The molecule has 3 aromatic carbocycles. The van der Waals surface area contributed by atoms with Crippen molar-refractivity contribution >= 4 is 38.2 Å². The monoisotopic (exact) mass is 464 g/mol. The lowest BCUT2D eigenvalue weighted by Crippen LogP contribution is -2.34. The quantitative estimate of drug-likeness (QED) is 0.271. The minimum absolute atomic E-state index is 0.297. The first-order valence-corrected chi connectivity index (χ1v) is 12.8. The second-order valence-corrected chi connectivity index (χ2v) is 10.4. The summed E-state index contributed by atoms with van der Waals surface area (Å²) < 4.78 is 7.27. The number of fused-ring (bicyclic) bond motifs is 3. The molecular formula is C29H24N2O2S. The van der Waals surface area contributed by atoms with Gasteiger partial charge in [-0.1, -0.05) is 36.4 Å². The maximum absolute atomic E-state index is 13.7. The van der Waals surface area contributed by atoms with Gasteiger partial charge < -0.3 is 9.32 Å². The van der Waals surface area contributed by atoms with Gasteiger partial charge in [-0.15, -0.1) is 11.3 Å². The first-order valence-electron chi connectivity index (χ1n) is 12.0. The second-order valence-electron chi connectivity index (χ2n) is 9.37. The SMILES string of the molecule is Cc1ccccc1-c1c(-c2nc3ccccc3s2)c(=O)oc2c3c4c(cc12)CCCN4CCC3. The van der Waals surface area contributed by atoms with Gasteiger partial charge in [0.1, 0.15) is 16.2 Å². The molecule has 7 rings (SSSR count). The highest BCUT2D eigenvalue weighted by Gasteiger charge is 2.30. The topological polar surface area (TPSA) is 46.3 Å². The number of para-hydroxylation sites is 1. The molecule has 0 amide bonds. The standard InChI is InChI=1S/C29H24N2O2S/c1-17-8-2-3-10-19(17)24-21-16-18-9-6-14-31-15-7-11-20(26(18)31)27(21)33-29(32)25(24)28-30-22-12-4-5-13-23(22)34-28/h2-5,8,10,12-13,16H,6-7,9,11,14-15H2,1H3. The zero-order valence-electron chi connectivity index (χ0n) is 19.1. The summed E-state index contributed by atoms with van der Waals surface area (Å²) in [5, 5.41) is 1.77. The molecule has 2 aromatic heterocycles. The van der Waals surface area contributed by atoms with Crippen LogP contribution in [0.15, 0.2) is 63.8 Å². The molecule has 0 unspecified atom stereocenters. The maximum Gasteiger partial charge on any atom is 0.347 e. The lowest BCUT2D eigenvalue weighted by Gasteiger charge is -2.37. The predicted molar refractivity (Wildman–Crippen MR) is 140 cm³/mol. The van der Waals surface area contributed by atoms with Gasteiger partial charge in [0.25, 0.3) is 0 Å². The van der Waals surface area contributed by atoms with E-state index in [2.05, 4.69) is 42.2 Å². The van der Waals surface area contributed by atoms with E-state index in [0.29, 0.717) is 5.56 Å². The Kier molecular flexibility index (Phi) is 4.43. The van der Waals surface area contributed by atoms with Crippen LogP contribution in [0.4, 0.5) is 5.69 Å². The second kappa shape index (κ2) is 7.54. The van der Waals surface area contributed by atoms with Gasteiger partial charge in [0.15, 0.2) is 0 Å². The molecule has 2 aliphatic rings. The van der Waals surface area contributed by atoms with Crippen molar-refractivity contribution in [1.29, 1.82) is 0 Å². The summed E-state index contributed by atoms with van der Waals surface area (Å²) in [6, 6.07) is 18.7. The molecule has 0 saturated carbocycles. The van der Waals surface area contributed by atoms with Gasteiger partial charge in [-0.3, -0.25) is 0 Å². The maximum atomic E-state index is 13.7. The van der Waals surface area contributed by atoms with E-state index < -0.39 is 0 Å². The van der Waals surface area contributed by atoms with Crippen molar-refractivity contribution in [2.75, 3.05) is 18.0 Å². The van der Waals surface area contributed by atoms with Crippen LogP contribution in [0.1, 0.15) is 29.5 Å². The fraction of sp³-hybridized carbons (Fsp3) is 0.241. The minimum atomic E-state index is -0.297. The van der Waals surface area contributed by atoms with Gasteiger partial charge in [0, 0.05) is 35.3 Å². The summed E-state index contributed by atoms with van der Waals surface area (Å²) >= 11 is 1.56. The van der Waals surface area contributed by atoms with E-state index in [1.165, 1.54) is 23.2 Å². The van der Waals surface area contributed by atoms with Gasteiger partial charge >= 0.3 is 5.63 Å². The molecule has 0 fully saturated rings. The fourth-order valence-electron chi connectivity index (χ4n) is 5.82. The van der Waals surface area contributed by atoms with Gasteiger partial charge in [-0.2, -0.15) is 0 Å². The van der Waals surface area contributed by atoms with Crippen molar-refractivity contribution in [3.05, 3.63) is 81.7 Å². The molecule has 0 atom stereocenters. The number of thiazole rings is 1.